The van der Waals surface area contributed by atoms with E-state index >= 15 is 0 Å². The van der Waals surface area contributed by atoms with E-state index in [2.05, 4.69) is 4.98 Å². The summed E-state index contributed by atoms with van der Waals surface area (Å²) in [5, 5.41) is 9.53. The highest BCUT2D eigenvalue weighted by atomic mass is 19.4. The molecular weight excluding hydrogens is 231 g/mol. The molecule has 1 heterocycles. The predicted molar refractivity (Wildman–Crippen MR) is 56.5 cm³/mol. The van der Waals surface area contributed by atoms with Crippen LogP contribution in [0.2, 0.25) is 0 Å². The average molecular weight is 245 g/mol. The summed E-state index contributed by atoms with van der Waals surface area (Å²) < 4.78 is 38.4. The summed E-state index contributed by atoms with van der Waals surface area (Å²) in [7, 11) is 0. The van der Waals surface area contributed by atoms with Gasteiger partial charge in [-0.1, -0.05) is 6.42 Å². The van der Waals surface area contributed by atoms with Gasteiger partial charge in [0.2, 0.25) is 0 Å². The summed E-state index contributed by atoms with van der Waals surface area (Å²) in [6.45, 7) is 0. The fourth-order valence-electron chi connectivity index (χ4n) is 2.44. The van der Waals surface area contributed by atoms with Crippen LogP contribution in [0.4, 0.5) is 13.2 Å². The number of alkyl halides is 3. The van der Waals surface area contributed by atoms with Crippen molar-refractivity contribution in [1.82, 2.24) is 4.98 Å². The molecule has 0 radical (unpaired) electrons. The number of aliphatic hydroxyl groups excluding tert-OH is 1. The summed E-state index contributed by atoms with van der Waals surface area (Å²) in [6, 6.07) is 1.01. The van der Waals surface area contributed by atoms with Crippen molar-refractivity contribution >= 4 is 0 Å². The highest BCUT2D eigenvalue weighted by molar-refractivity contribution is 5.30. The Bertz CT molecular complexity index is 392. The first kappa shape index (κ1) is 12.4. The number of rotatable bonds is 1. The second-order valence-electron chi connectivity index (χ2n) is 4.48. The molecular formula is C12H14F3NO. The van der Waals surface area contributed by atoms with Gasteiger partial charge in [0.1, 0.15) is 0 Å². The Labute approximate surface area is 97.5 Å². The largest absolute Gasteiger partial charge is 0.416 e. The van der Waals surface area contributed by atoms with Crippen LogP contribution in [0.1, 0.15) is 42.7 Å². The Balaban J connectivity index is 2.31. The number of nitrogens with zero attached hydrogens (tertiary/aromatic N) is 1. The molecule has 1 aromatic heterocycles. The summed E-state index contributed by atoms with van der Waals surface area (Å²) in [5.74, 6) is -0.232. The van der Waals surface area contributed by atoms with Crippen LogP contribution < -0.4 is 0 Å². The first-order valence-electron chi connectivity index (χ1n) is 5.67. The van der Waals surface area contributed by atoms with E-state index in [0.717, 1.165) is 18.7 Å². The molecule has 94 valence electrons. The van der Waals surface area contributed by atoms with Gasteiger partial charge in [-0.05, 0) is 36.8 Å². The Morgan fingerprint density at radius 1 is 1.29 bits per heavy atom. The molecule has 1 aliphatic carbocycles. The molecule has 17 heavy (non-hydrogen) atoms. The van der Waals surface area contributed by atoms with Crippen LogP contribution in [-0.4, -0.2) is 16.2 Å². The minimum atomic E-state index is -4.35. The van der Waals surface area contributed by atoms with Gasteiger partial charge in [-0.2, -0.15) is 13.2 Å². The van der Waals surface area contributed by atoms with Crippen LogP contribution in [0.3, 0.4) is 0 Å². The summed E-state index contributed by atoms with van der Waals surface area (Å²) in [6.07, 6.45) is 0.129. The lowest BCUT2D eigenvalue weighted by molar-refractivity contribution is -0.138. The molecule has 0 amide bonds. The summed E-state index contributed by atoms with van der Waals surface area (Å²) in [4.78, 5) is 3.78. The van der Waals surface area contributed by atoms with E-state index in [9.17, 15) is 18.3 Å². The summed E-state index contributed by atoms with van der Waals surface area (Å²) in [5.41, 5.74) is -0.398. The van der Waals surface area contributed by atoms with Crippen molar-refractivity contribution in [1.29, 1.82) is 0 Å². The van der Waals surface area contributed by atoms with E-state index < -0.39 is 17.8 Å². The highest BCUT2D eigenvalue weighted by Crippen LogP contribution is 2.40. The highest BCUT2D eigenvalue weighted by Gasteiger charge is 2.36. The van der Waals surface area contributed by atoms with Gasteiger partial charge < -0.3 is 5.11 Å². The van der Waals surface area contributed by atoms with Crippen LogP contribution in [0.15, 0.2) is 18.5 Å². The van der Waals surface area contributed by atoms with Crippen molar-refractivity contribution in [2.75, 3.05) is 0 Å². The minimum absolute atomic E-state index is 0.221. The molecule has 0 saturated heterocycles. The van der Waals surface area contributed by atoms with Gasteiger partial charge in [0.25, 0.3) is 0 Å². The zero-order chi connectivity index (χ0) is 12.5. The van der Waals surface area contributed by atoms with E-state index in [-0.39, 0.29) is 11.5 Å². The average Bonchev–Trinajstić information content (AvgIpc) is 2.28. The SMILES string of the molecule is OC1CCCC(c2cnccc2C(F)(F)F)C1. The molecule has 2 atom stereocenters. The van der Waals surface area contributed by atoms with Crippen molar-refractivity contribution in [3.8, 4) is 0 Å². The molecule has 0 bridgehead atoms. The van der Waals surface area contributed by atoms with E-state index in [4.69, 9.17) is 0 Å². The third kappa shape index (κ3) is 2.77. The van der Waals surface area contributed by atoms with E-state index in [1.165, 1.54) is 6.20 Å². The molecule has 5 heteroatoms. The van der Waals surface area contributed by atoms with Crippen molar-refractivity contribution in [2.45, 2.75) is 43.9 Å². The normalized spacial score (nSPS) is 25.9. The number of hydrogen-bond acceptors (Lipinski definition) is 2. The Morgan fingerprint density at radius 2 is 2.06 bits per heavy atom. The third-order valence-electron chi connectivity index (χ3n) is 3.24. The van der Waals surface area contributed by atoms with Crippen LogP contribution in [-0.2, 0) is 6.18 Å². The molecule has 2 unspecified atom stereocenters. The van der Waals surface area contributed by atoms with Crippen LogP contribution in [0.25, 0.3) is 0 Å². The smallest absolute Gasteiger partial charge is 0.393 e. The zero-order valence-corrected chi connectivity index (χ0v) is 9.24. The van der Waals surface area contributed by atoms with E-state index in [1.54, 1.807) is 0 Å². The lowest BCUT2D eigenvalue weighted by Crippen LogP contribution is -2.21. The molecule has 0 aliphatic heterocycles. The molecule has 1 saturated carbocycles. The molecule has 1 aromatic rings. The number of pyridine rings is 1. The van der Waals surface area contributed by atoms with Crippen LogP contribution in [0, 0.1) is 0 Å². The topological polar surface area (TPSA) is 33.1 Å². The van der Waals surface area contributed by atoms with Crippen molar-refractivity contribution in [2.24, 2.45) is 0 Å². The predicted octanol–water partition coefficient (Wildman–Crippen LogP) is 3.12. The van der Waals surface area contributed by atoms with Gasteiger partial charge in [0.05, 0.1) is 11.7 Å². The quantitative estimate of drug-likeness (QED) is 0.824. The van der Waals surface area contributed by atoms with Gasteiger partial charge in [-0.15, -0.1) is 0 Å². The lowest BCUT2D eigenvalue weighted by Gasteiger charge is -2.27. The Kier molecular flexibility index (Phi) is 3.38. The fraction of sp³-hybridized carbons (Fsp3) is 0.583. The van der Waals surface area contributed by atoms with Crippen molar-refractivity contribution < 1.29 is 18.3 Å². The molecule has 1 fully saturated rings. The first-order chi connectivity index (χ1) is 7.98. The molecule has 1 N–H and O–H groups in total. The lowest BCUT2D eigenvalue weighted by atomic mass is 9.81. The fourth-order valence-corrected chi connectivity index (χ4v) is 2.44. The number of hydrogen-bond donors (Lipinski definition) is 1. The van der Waals surface area contributed by atoms with Crippen LogP contribution in [0.5, 0.6) is 0 Å². The standard InChI is InChI=1S/C12H14F3NO/c13-12(14,15)11-4-5-16-7-10(11)8-2-1-3-9(17)6-8/h4-5,7-9,17H,1-3,6H2. The number of halogens is 3. The van der Waals surface area contributed by atoms with Crippen LogP contribution >= 0.6 is 0 Å². The van der Waals surface area contributed by atoms with Gasteiger partial charge >= 0.3 is 6.18 Å². The molecule has 0 spiro atoms. The maximum absolute atomic E-state index is 12.8. The minimum Gasteiger partial charge on any atom is -0.393 e. The van der Waals surface area contributed by atoms with Gasteiger partial charge in [-0.3, -0.25) is 4.98 Å². The van der Waals surface area contributed by atoms with Crippen molar-refractivity contribution in [3.05, 3.63) is 29.6 Å². The van der Waals surface area contributed by atoms with Gasteiger partial charge in [-0.25, -0.2) is 0 Å². The van der Waals surface area contributed by atoms with E-state index in [0.29, 0.717) is 19.3 Å². The van der Waals surface area contributed by atoms with Gasteiger partial charge in [0.15, 0.2) is 0 Å². The maximum Gasteiger partial charge on any atom is 0.416 e. The molecule has 0 aromatic carbocycles. The molecule has 1 aliphatic rings. The first-order valence-corrected chi connectivity index (χ1v) is 5.67. The summed E-state index contributed by atoms with van der Waals surface area (Å²) >= 11 is 0. The second-order valence-corrected chi connectivity index (χ2v) is 4.48. The van der Waals surface area contributed by atoms with E-state index in [1.807, 2.05) is 0 Å². The Hall–Kier alpha value is -1.10. The van der Waals surface area contributed by atoms with Crippen molar-refractivity contribution in [3.63, 3.8) is 0 Å². The number of aliphatic hydroxyl groups is 1. The number of aromatic nitrogens is 1. The maximum atomic E-state index is 12.8. The second kappa shape index (κ2) is 4.64. The molecule has 2 nitrogen and oxygen atoms in total. The third-order valence-corrected chi connectivity index (χ3v) is 3.24. The van der Waals surface area contributed by atoms with Gasteiger partial charge in [0, 0.05) is 12.4 Å². The zero-order valence-electron chi connectivity index (χ0n) is 9.24. The monoisotopic (exact) mass is 245 g/mol. The Morgan fingerprint density at radius 3 is 2.71 bits per heavy atom. The molecule has 2 rings (SSSR count).